The topological polar surface area (TPSA) is 68.3 Å². The Balaban J connectivity index is 1.74. The minimum absolute atomic E-state index is 0.303. The number of carbonyl (C=O) groups is 2. The van der Waals surface area contributed by atoms with Gasteiger partial charge in [-0.15, -0.1) is 22.7 Å². The summed E-state index contributed by atoms with van der Waals surface area (Å²) in [6.45, 7) is 0. The second-order valence-electron chi connectivity index (χ2n) is 4.78. The van der Waals surface area contributed by atoms with Gasteiger partial charge in [-0.2, -0.15) is 0 Å². The summed E-state index contributed by atoms with van der Waals surface area (Å²) in [5.41, 5.74) is 0.820. The highest BCUT2D eigenvalue weighted by Crippen LogP contribution is 2.27. The van der Waals surface area contributed by atoms with E-state index in [0.29, 0.717) is 26.1 Å². The van der Waals surface area contributed by atoms with Crippen LogP contribution in [0.3, 0.4) is 0 Å². The van der Waals surface area contributed by atoms with Gasteiger partial charge < -0.3 is 4.74 Å². The normalized spacial score (nSPS) is 10.5. The first-order valence-corrected chi connectivity index (χ1v) is 8.58. The number of hydrogen-bond acceptors (Lipinski definition) is 6. The molecule has 0 saturated carbocycles. The minimum atomic E-state index is -0.968. The molecule has 0 unspecified atom stereocenters. The van der Waals surface area contributed by atoms with Crippen molar-refractivity contribution in [2.45, 2.75) is 0 Å². The highest BCUT2D eigenvalue weighted by Gasteiger charge is 2.16. The average molecular weight is 380 g/mol. The maximum atomic E-state index is 13.3. The van der Waals surface area contributed by atoms with Crippen LogP contribution in [0.1, 0.15) is 19.3 Å². The number of benzene rings is 1. The largest absolute Gasteiger partial charge is 0.465 e. The Morgan fingerprint density at radius 2 is 1.88 bits per heavy atom. The van der Waals surface area contributed by atoms with Crippen LogP contribution in [0.25, 0.3) is 11.3 Å². The van der Waals surface area contributed by atoms with Gasteiger partial charge in [0.2, 0.25) is 0 Å². The number of amides is 1. The Hall–Kier alpha value is -2.65. The van der Waals surface area contributed by atoms with Gasteiger partial charge in [0.1, 0.15) is 4.88 Å². The van der Waals surface area contributed by atoms with Gasteiger partial charge in [0.15, 0.2) is 16.8 Å². The monoisotopic (exact) mass is 380 g/mol. The second kappa shape index (κ2) is 7.08. The lowest BCUT2D eigenvalue weighted by atomic mass is 10.2. The van der Waals surface area contributed by atoms with Crippen molar-refractivity contribution in [1.82, 2.24) is 4.98 Å². The number of aromatic nitrogens is 1. The van der Waals surface area contributed by atoms with E-state index in [2.05, 4.69) is 15.0 Å². The van der Waals surface area contributed by atoms with Gasteiger partial charge in [0.05, 0.1) is 17.7 Å². The molecule has 0 atom stereocenters. The van der Waals surface area contributed by atoms with E-state index in [1.54, 1.807) is 5.38 Å². The maximum Gasteiger partial charge on any atom is 0.348 e. The highest BCUT2D eigenvalue weighted by molar-refractivity contribution is 7.16. The smallest absolute Gasteiger partial charge is 0.348 e. The standard InChI is InChI=1S/C16H10F2N2O3S2/c1-23-15(22)13-5-4-12(25-13)14(21)20-16-19-11(7-24-16)8-2-3-9(17)10(18)6-8/h2-7H,1H3,(H,19,20,21). The van der Waals surface area contributed by atoms with Crippen molar-refractivity contribution in [2.24, 2.45) is 0 Å². The summed E-state index contributed by atoms with van der Waals surface area (Å²) in [4.78, 5) is 28.4. The Kier molecular flexibility index (Phi) is 4.86. The van der Waals surface area contributed by atoms with Gasteiger partial charge in [0.25, 0.3) is 5.91 Å². The predicted molar refractivity (Wildman–Crippen MR) is 91.1 cm³/mol. The number of hydrogen-bond donors (Lipinski definition) is 1. The molecule has 0 aliphatic carbocycles. The van der Waals surface area contributed by atoms with Gasteiger partial charge in [0, 0.05) is 10.9 Å². The van der Waals surface area contributed by atoms with Gasteiger partial charge in [-0.05, 0) is 30.3 Å². The number of esters is 1. The molecule has 0 saturated heterocycles. The van der Waals surface area contributed by atoms with Crippen molar-refractivity contribution >= 4 is 39.7 Å². The molecule has 1 N–H and O–H groups in total. The van der Waals surface area contributed by atoms with Gasteiger partial charge >= 0.3 is 5.97 Å². The third kappa shape index (κ3) is 3.72. The zero-order chi connectivity index (χ0) is 18.0. The molecule has 25 heavy (non-hydrogen) atoms. The molecule has 0 spiro atoms. The van der Waals surface area contributed by atoms with Crippen molar-refractivity contribution in [3.63, 3.8) is 0 Å². The number of anilines is 1. The second-order valence-corrected chi connectivity index (χ2v) is 6.72. The molecule has 128 valence electrons. The van der Waals surface area contributed by atoms with Crippen LogP contribution in [0.4, 0.5) is 13.9 Å². The molecule has 0 bridgehead atoms. The van der Waals surface area contributed by atoms with Crippen molar-refractivity contribution in [3.8, 4) is 11.3 Å². The third-order valence-corrected chi connectivity index (χ3v) is 4.98. The molecule has 1 aromatic carbocycles. The molecule has 2 aromatic heterocycles. The molecular weight excluding hydrogens is 370 g/mol. The first kappa shape index (κ1) is 17.2. The number of methoxy groups -OCH3 is 1. The van der Waals surface area contributed by atoms with E-state index in [0.717, 1.165) is 34.8 Å². The lowest BCUT2D eigenvalue weighted by molar-refractivity contribution is 0.0606. The lowest BCUT2D eigenvalue weighted by Crippen LogP contribution is -2.09. The van der Waals surface area contributed by atoms with Crippen molar-refractivity contribution in [3.05, 3.63) is 57.1 Å². The van der Waals surface area contributed by atoms with Crippen molar-refractivity contribution in [2.75, 3.05) is 12.4 Å². The quantitative estimate of drug-likeness (QED) is 0.689. The Labute approximate surface area is 148 Å². The molecule has 3 rings (SSSR count). The fourth-order valence-corrected chi connectivity index (χ4v) is 3.48. The van der Waals surface area contributed by atoms with E-state index in [9.17, 15) is 18.4 Å². The number of carbonyl (C=O) groups excluding carboxylic acids is 2. The van der Waals surface area contributed by atoms with Crippen LogP contribution in [0.15, 0.2) is 35.7 Å². The Bertz CT molecular complexity index is 953. The first-order chi connectivity index (χ1) is 12.0. The van der Waals surface area contributed by atoms with Gasteiger partial charge in [-0.25, -0.2) is 18.6 Å². The number of nitrogens with zero attached hydrogens (tertiary/aromatic N) is 1. The summed E-state index contributed by atoms with van der Waals surface area (Å²) < 4.78 is 30.9. The molecule has 5 nitrogen and oxygen atoms in total. The van der Waals surface area contributed by atoms with E-state index in [-0.39, 0.29) is 0 Å². The summed E-state index contributed by atoms with van der Waals surface area (Å²) in [7, 11) is 1.26. The fraction of sp³-hybridized carbons (Fsp3) is 0.0625. The summed E-state index contributed by atoms with van der Waals surface area (Å²) in [5, 5.41) is 4.53. The first-order valence-electron chi connectivity index (χ1n) is 6.88. The van der Waals surface area contributed by atoms with Crippen LogP contribution >= 0.6 is 22.7 Å². The van der Waals surface area contributed by atoms with E-state index >= 15 is 0 Å². The minimum Gasteiger partial charge on any atom is -0.465 e. The van der Waals surface area contributed by atoms with Crippen LogP contribution in [0.2, 0.25) is 0 Å². The summed E-state index contributed by atoms with van der Waals surface area (Å²) in [6, 6.07) is 6.47. The van der Waals surface area contributed by atoms with Crippen LogP contribution in [0.5, 0.6) is 0 Å². The summed E-state index contributed by atoms with van der Waals surface area (Å²) in [5.74, 6) is -2.85. The van der Waals surface area contributed by atoms with E-state index in [4.69, 9.17) is 0 Å². The van der Waals surface area contributed by atoms with Gasteiger partial charge in [-0.3, -0.25) is 10.1 Å². The zero-order valence-corrected chi connectivity index (χ0v) is 14.3. The molecule has 1 amide bonds. The van der Waals surface area contributed by atoms with Crippen LogP contribution in [0, 0.1) is 11.6 Å². The molecule has 0 radical (unpaired) electrons. The zero-order valence-electron chi connectivity index (χ0n) is 12.7. The number of thiophene rings is 1. The molecule has 0 aliphatic heterocycles. The molecular formula is C16H10F2N2O3S2. The van der Waals surface area contributed by atoms with E-state index in [1.165, 1.54) is 25.3 Å². The molecule has 0 aliphatic rings. The molecule has 3 aromatic rings. The number of thiazole rings is 1. The van der Waals surface area contributed by atoms with Crippen molar-refractivity contribution in [1.29, 1.82) is 0 Å². The highest BCUT2D eigenvalue weighted by atomic mass is 32.1. The van der Waals surface area contributed by atoms with Crippen molar-refractivity contribution < 1.29 is 23.1 Å². The van der Waals surface area contributed by atoms with E-state index in [1.807, 2.05) is 0 Å². The van der Waals surface area contributed by atoms with Crippen LogP contribution in [-0.2, 0) is 4.74 Å². The number of nitrogens with one attached hydrogen (secondary N) is 1. The Morgan fingerprint density at radius 1 is 1.12 bits per heavy atom. The number of halogens is 2. The Morgan fingerprint density at radius 3 is 2.60 bits per heavy atom. The SMILES string of the molecule is COC(=O)c1ccc(C(=O)Nc2nc(-c3ccc(F)c(F)c3)cs2)s1. The van der Waals surface area contributed by atoms with E-state index < -0.39 is 23.5 Å². The predicted octanol–water partition coefficient (Wildman–Crippen LogP) is 4.19. The molecule has 9 heteroatoms. The average Bonchev–Trinajstić information content (AvgIpc) is 3.26. The number of ether oxygens (including phenoxy) is 1. The van der Waals surface area contributed by atoms with Gasteiger partial charge in [-0.1, -0.05) is 0 Å². The number of rotatable bonds is 4. The lowest BCUT2D eigenvalue weighted by Gasteiger charge is -1.99. The maximum absolute atomic E-state index is 13.3. The fourth-order valence-electron chi connectivity index (χ4n) is 1.95. The molecule has 2 heterocycles. The summed E-state index contributed by atoms with van der Waals surface area (Å²) >= 11 is 2.15. The van der Waals surface area contributed by atoms with Crippen LogP contribution in [-0.4, -0.2) is 24.0 Å². The molecule has 0 fully saturated rings. The third-order valence-electron chi connectivity index (χ3n) is 3.16. The summed E-state index contributed by atoms with van der Waals surface area (Å²) in [6.07, 6.45) is 0. The van der Waals surface area contributed by atoms with Crippen LogP contribution < -0.4 is 5.32 Å².